The maximum Gasteiger partial charge on any atom is 0.209 e. The lowest BCUT2D eigenvalue weighted by Crippen LogP contribution is -2.19. The quantitative estimate of drug-likeness (QED) is 0.420. The van der Waals surface area contributed by atoms with Gasteiger partial charge < -0.3 is 5.11 Å². The second-order valence-electron chi connectivity index (χ2n) is 1.80. The number of aromatic nitrogens is 2. The molecule has 0 amide bonds. The second-order valence-corrected chi connectivity index (χ2v) is 3.13. The Hall–Kier alpha value is -0.813. The van der Waals surface area contributed by atoms with Crippen molar-refractivity contribution in [3.05, 3.63) is 18.1 Å². The van der Waals surface area contributed by atoms with Crippen LogP contribution in [-0.2, 0) is 0 Å². The largest absolute Gasteiger partial charge is 0.497 e. The monoisotopic (exact) mass is 170 g/mol. The molecule has 0 aliphatic rings. The molecule has 1 aromatic heterocycles. The first kappa shape index (κ1) is 7.30. The molecule has 0 atom stereocenters. The SMILES string of the molecule is OC(=S)c1nccnc1[SiH3]. The predicted octanol–water partition coefficient (Wildman–Crippen LogP) is -1.30. The average molecular weight is 170 g/mol. The predicted molar refractivity (Wildman–Crippen MR) is 45.9 cm³/mol. The van der Waals surface area contributed by atoms with Crippen molar-refractivity contribution in [2.75, 3.05) is 0 Å². The van der Waals surface area contributed by atoms with E-state index in [4.69, 9.17) is 5.11 Å². The summed E-state index contributed by atoms with van der Waals surface area (Å²) in [6, 6.07) is 0. The lowest BCUT2D eigenvalue weighted by atomic mass is 10.5. The molecule has 10 heavy (non-hydrogen) atoms. The van der Waals surface area contributed by atoms with Gasteiger partial charge in [-0.15, -0.1) is 0 Å². The maximum atomic E-state index is 8.86. The summed E-state index contributed by atoms with van der Waals surface area (Å²) in [7, 11) is 0.752. The first-order chi connectivity index (χ1) is 4.72. The summed E-state index contributed by atoms with van der Waals surface area (Å²) in [6.07, 6.45) is 3.10. The van der Waals surface area contributed by atoms with Gasteiger partial charge in [0, 0.05) is 17.7 Å². The highest BCUT2D eigenvalue weighted by molar-refractivity contribution is 7.80. The molecule has 0 saturated carbocycles. The van der Waals surface area contributed by atoms with Crippen LogP contribution < -0.4 is 5.32 Å². The van der Waals surface area contributed by atoms with Crippen LogP contribution in [0.2, 0.25) is 0 Å². The van der Waals surface area contributed by atoms with Crippen molar-refractivity contribution in [1.29, 1.82) is 0 Å². The summed E-state index contributed by atoms with van der Waals surface area (Å²) >= 11 is 4.52. The van der Waals surface area contributed by atoms with Crippen LogP contribution in [0.25, 0.3) is 0 Å². The average Bonchev–Trinajstić information content (AvgIpc) is 1.88. The molecule has 1 rings (SSSR count). The molecule has 0 fully saturated rings. The van der Waals surface area contributed by atoms with E-state index >= 15 is 0 Å². The Morgan fingerprint density at radius 1 is 1.50 bits per heavy atom. The maximum absolute atomic E-state index is 8.86. The van der Waals surface area contributed by atoms with E-state index in [1.165, 1.54) is 6.20 Å². The first-order valence-electron chi connectivity index (χ1n) is 2.72. The van der Waals surface area contributed by atoms with Crippen LogP contribution in [0.15, 0.2) is 12.4 Å². The first-order valence-corrected chi connectivity index (χ1v) is 4.13. The second kappa shape index (κ2) is 2.85. The molecule has 0 saturated heterocycles. The standard InChI is InChI=1S/C5H6N2OSSi/c8-5(9)3-4(10)7-2-1-6-3/h1-2H,10H3,(H,8,9). The van der Waals surface area contributed by atoms with Crippen LogP contribution in [0, 0.1) is 0 Å². The molecule has 0 radical (unpaired) electrons. The van der Waals surface area contributed by atoms with Crippen LogP contribution in [0.3, 0.4) is 0 Å². The Bertz CT molecular complexity index is 266. The molecule has 3 nitrogen and oxygen atoms in total. The molecule has 1 N–H and O–H groups in total. The fourth-order valence-corrected chi connectivity index (χ4v) is 1.51. The summed E-state index contributed by atoms with van der Waals surface area (Å²) in [4.78, 5) is 7.81. The third kappa shape index (κ3) is 1.37. The van der Waals surface area contributed by atoms with Gasteiger partial charge in [0.2, 0.25) is 5.05 Å². The van der Waals surface area contributed by atoms with Crippen LogP contribution in [-0.4, -0.2) is 30.4 Å². The molecule has 52 valence electrons. The molecular formula is C5H6N2OSSi. The number of hydrogen-bond acceptors (Lipinski definition) is 3. The summed E-state index contributed by atoms with van der Waals surface area (Å²) in [5.41, 5.74) is 0.448. The molecule has 1 aromatic rings. The van der Waals surface area contributed by atoms with E-state index in [1.807, 2.05) is 0 Å². The van der Waals surface area contributed by atoms with Crippen molar-refractivity contribution in [3.63, 3.8) is 0 Å². The van der Waals surface area contributed by atoms with Gasteiger partial charge in [-0.05, 0) is 12.2 Å². The summed E-state index contributed by atoms with van der Waals surface area (Å²) < 4.78 is 0. The van der Waals surface area contributed by atoms with Crippen LogP contribution in [0.4, 0.5) is 0 Å². The molecule has 0 aliphatic heterocycles. The minimum absolute atomic E-state index is 0.168. The normalized spacial score (nSPS) is 9.60. The van der Waals surface area contributed by atoms with Gasteiger partial charge in [-0.25, -0.2) is 4.98 Å². The Balaban J connectivity index is 3.15. The Labute approximate surface area is 66.6 Å². The molecule has 0 aromatic carbocycles. The van der Waals surface area contributed by atoms with Crippen LogP contribution in [0.1, 0.15) is 5.69 Å². The summed E-state index contributed by atoms with van der Waals surface area (Å²) in [6.45, 7) is 0. The fraction of sp³-hybridized carbons (Fsp3) is 0. The van der Waals surface area contributed by atoms with Crippen molar-refractivity contribution < 1.29 is 5.11 Å². The van der Waals surface area contributed by atoms with Gasteiger partial charge >= 0.3 is 0 Å². The topological polar surface area (TPSA) is 46.0 Å². The van der Waals surface area contributed by atoms with Gasteiger partial charge in [-0.3, -0.25) is 4.98 Å². The number of aliphatic hydroxyl groups is 1. The van der Waals surface area contributed by atoms with Crippen molar-refractivity contribution >= 4 is 32.8 Å². The molecule has 5 heteroatoms. The van der Waals surface area contributed by atoms with E-state index in [1.54, 1.807) is 6.20 Å². The third-order valence-corrected chi connectivity index (χ3v) is 2.01. The van der Waals surface area contributed by atoms with Crippen molar-refractivity contribution in [2.45, 2.75) is 0 Å². The number of aliphatic hydroxyl groups excluding tert-OH is 1. The number of thiocarbonyl (C=S) groups is 1. The number of rotatable bonds is 1. The summed E-state index contributed by atoms with van der Waals surface area (Å²) in [5, 5.41) is 9.47. The molecule has 1 heterocycles. The zero-order valence-electron chi connectivity index (χ0n) is 5.40. The summed E-state index contributed by atoms with van der Waals surface area (Å²) in [5.74, 6) is 0. The van der Waals surface area contributed by atoms with E-state index in [-0.39, 0.29) is 5.05 Å². The Morgan fingerprint density at radius 3 is 2.50 bits per heavy atom. The zero-order chi connectivity index (χ0) is 7.56. The van der Waals surface area contributed by atoms with Gasteiger partial charge in [0.15, 0.2) is 0 Å². The lowest BCUT2D eigenvalue weighted by molar-refractivity contribution is 0.568. The van der Waals surface area contributed by atoms with E-state index in [2.05, 4.69) is 22.2 Å². The molecule has 0 spiro atoms. The highest BCUT2D eigenvalue weighted by Crippen LogP contribution is 1.86. The van der Waals surface area contributed by atoms with Gasteiger partial charge in [0.25, 0.3) is 0 Å². The van der Waals surface area contributed by atoms with Crippen molar-refractivity contribution in [1.82, 2.24) is 9.97 Å². The fourth-order valence-electron chi connectivity index (χ4n) is 0.618. The van der Waals surface area contributed by atoms with Crippen molar-refractivity contribution in [3.8, 4) is 0 Å². The van der Waals surface area contributed by atoms with Crippen LogP contribution >= 0.6 is 12.2 Å². The highest BCUT2D eigenvalue weighted by atomic mass is 32.1. The molecule has 0 aliphatic carbocycles. The minimum atomic E-state index is -0.168. The molecule has 0 unspecified atom stereocenters. The number of nitrogens with zero attached hydrogens (tertiary/aromatic N) is 2. The van der Waals surface area contributed by atoms with Crippen molar-refractivity contribution in [2.24, 2.45) is 0 Å². The molecule has 0 bridgehead atoms. The highest BCUT2D eigenvalue weighted by Gasteiger charge is 2.02. The van der Waals surface area contributed by atoms with E-state index < -0.39 is 0 Å². The number of hydrogen-bond donors (Lipinski definition) is 1. The smallest absolute Gasteiger partial charge is 0.209 e. The third-order valence-electron chi connectivity index (χ3n) is 1.08. The van der Waals surface area contributed by atoms with E-state index in [0.717, 1.165) is 15.6 Å². The van der Waals surface area contributed by atoms with Crippen LogP contribution in [0.5, 0.6) is 0 Å². The van der Waals surface area contributed by atoms with E-state index in [9.17, 15) is 0 Å². The lowest BCUT2D eigenvalue weighted by Gasteiger charge is -1.96. The van der Waals surface area contributed by atoms with Gasteiger partial charge in [-0.2, -0.15) is 0 Å². The van der Waals surface area contributed by atoms with Gasteiger partial charge in [0.05, 0.1) is 10.2 Å². The molecular weight excluding hydrogens is 164 g/mol. The zero-order valence-corrected chi connectivity index (χ0v) is 8.22. The van der Waals surface area contributed by atoms with Gasteiger partial charge in [-0.1, -0.05) is 0 Å². The van der Waals surface area contributed by atoms with Gasteiger partial charge in [0.1, 0.15) is 5.69 Å². The Kier molecular flexibility index (Phi) is 2.08. The Morgan fingerprint density at radius 2 is 2.10 bits per heavy atom. The minimum Gasteiger partial charge on any atom is -0.497 e. The van der Waals surface area contributed by atoms with E-state index in [0.29, 0.717) is 5.69 Å².